The lowest BCUT2D eigenvalue weighted by Crippen LogP contribution is -2.01. The molecule has 1 aromatic carbocycles. The SMILES string of the molecule is N#Cc1ccc2oc(CCN)cc2c1. The maximum atomic E-state index is 8.71. The Balaban J connectivity index is 2.50. The van der Waals surface area contributed by atoms with Gasteiger partial charge >= 0.3 is 0 Å². The Kier molecular flexibility index (Phi) is 2.21. The fourth-order valence-corrected chi connectivity index (χ4v) is 1.43. The molecule has 2 aromatic rings. The van der Waals surface area contributed by atoms with E-state index in [0.717, 1.165) is 23.2 Å². The second kappa shape index (κ2) is 3.52. The molecule has 0 radical (unpaired) electrons. The summed E-state index contributed by atoms with van der Waals surface area (Å²) in [6, 6.07) is 9.41. The van der Waals surface area contributed by atoms with Crippen molar-refractivity contribution in [2.75, 3.05) is 6.54 Å². The third-order valence-electron chi connectivity index (χ3n) is 2.09. The van der Waals surface area contributed by atoms with E-state index in [0.29, 0.717) is 12.1 Å². The van der Waals surface area contributed by atoms with Crippen molar-refractivity contribution in [2.24, 2.45) is 5.73 Å². The molecule has 3 nitrogen and oxygen atoms in total. The van der Waals surface area contributed by atoms with Crippen molar-refractivity contribution in [3.63, 3.8) is 0 Å². The van der Waals surface area contributed by atoms with Crippen LogP contribution in [0.15, 0.2) is 28.7 Å². The molecular formula is C11H10N2O. The summed E-state index contributed by atoms with van der Waals surface area (Å²) in [5, 5.41) is 9.67. The summed E-state index contributed by atoms with van der Waals surface area (Å²) in [6.45, 7) is 0.574. The van der Waals surface area contributed by atoms with E-state index in [2.05, 4.69) is 6.07 Å². The van der Waals surface area contributed by atoms with Gasteiger partial charge in [0.05, 0.1) is 11.6 Å². The van der Waals surface area contributed by atoms with Gasteiger partial charge in [-0.1, -0.05) is 0 Å². The number of nitrogens with two attached hydrogens (primary N) is 1. The Bertz CT molecular complexity index is 493. The third kappa shape index (κ3) is 1.48. The second-order valence-corrected chi connectivity index (χ2v) is 3.12. The van der Waals surface area contributed by atoms with Gasteiger partial charge in [-0.05, 0) is 30.8 Å². The first-order chi connectivity index (χ1) is 6.83. The van der Waals surface area contributed by atoms with E-state index in [9.17, 15) is 0 Å². The molecule has 1 heterocycles. The van der Waals surface area contributed by atoms with Crippen LogP contribution in [-0.2, 0) is 6.42 Å². The van der Waals surface area contributed by atoms with E-state index in [1.165, 1.54) is 0 Å². The van der Waals surface area contributed by atoms with Crippen molar-refractivity contribution in [1.29, 1.82) is 5.26 Å². The van der Waals surface area contributed by atoms with Crippen LogP contribution in [0.2, 0.25) is 0 Å². The minimum Gasteiger partial charge on any atom is -0.461 e. The number of rotatable bonds is 2. The lowest BCUT2D eigenvalue weighted by atomic mass is 10.2. The molecular weight excluding hydrogens is 176 g/mol. The highest BCUT2D eigenvalue weighted by Crippen LogP contribution is 2.20. The van der Waals surface area contributed by atoms with Crippen LogP contribution in [-0.4, -0.2) is 6.54 Å². The predicted octanol–water partition coefficient (Wildman–Crippen LogP) is 1.81. The highest BCUT2D eigenvalue weighted by Gasteiger charge is 2.03. The van der Waals surface area contributed by atoms with Gasteiger partial charge in [-0.2, -0.15) is 5.26 Å². The van der Waals surface area contributed by atoms with Crippen molar-refractivity contribution in [3.8, 4) is 6.07 Å². The van der Waals surface area contributed by atoms with Crippen LogP contribution in [0.1, 0.15) is 11.3 Å². The molecule has 0 fully saturated rings. The molecule has 0 unspecified atom stereocenters. The quantitative estimate of drug-likeness (QED) is 0.777. The molecule has 0 atom stereocenters. The van der Waals surface area contributed by atoms with Crippen molar-refractivity contribution in [2.45, 2.75) is 6.42 Å². The molecule has 0 bridgehead atoms. The summed E-state index contributed by atoms with van der Waals surface area (Å²) in [5.74, 6) is 0.873. The Hall–Kier alpha value is -1.79. The van der Waals surface area contributed by atoms with Crippen LogP contribution in [0.4, 0.5) is 0 Å². The van der Waals surface area contributed by atoms with Crippen molar-refractivity contribution in [1.82, 2.24) is 0 Å². The summed E-state index contributed by atoms with van der Waals surface area (Å²) >= 11 is 0. The van der Waals surface area contributed by atoms with Crippen LogP contribution in [0, 0.1) is 11.3 Å². The molecule has 2 rings (SSSR count). The summed E-state index contributed by atoms with van der Waals surface area (Å²) in [6.07, 6.45) is 0.733. The first-order valence-electron chi connectivity index (χ1n) is 4.46. The highest BCUT2D eigenvalue weighted by atomic mass is 16.3. The molecule has 0 amide bonds. The summed E-state index contributed by atoms with van der Waals surface area (Å²) in [4.78, 5) is 0. The van der Waals surface area contributed by atoms with Crippen LogP contribution in [0.3, 0.4) is 0 Å². The van der Waals surface area contributed by atoms with Gasteiger partial charge in [-0.15, -0.1) is 0 Å². The lowest BCUT2D eigenvalue weighted by Gasteiger charge is -1.88. The van der Waals surface area contributed by atoms with E-state index in [-0.39, 0.29) is 0 Å². The maximum Gasteiger partial charge on any atom is 0.134 e. The first-order valence-corrected chi connectivity index (χ1v) is 4.46. The zero-order valence-electron chi connectivity index (χ0n) is 7.66. The molecule has 70 valence electrons. The average Bonchev–Trinajstić information content (AvgIpc) is 2.59. The second-order valence-electron chi connectivity index (χ2n) is 3.12. The molecule has 0 aliphatic rings. The lowest BCUT2D eigenvalue weighted by molar-refractivity contribution is 0.550. The Morgan fingerprint density at radius 2 is 2.21 bits per heavy atom. The van der Waals surface area contributed by atoms with Gasteiger partial charge in [0.1, 0.15) is 11.3 Å². The summed E-state index contributed by atoms with van der Waals surface area (Å²) in [5.41, 5.74) is 6.89. The Labute approximate surface area is 81.7 Å². The van der Waals surface area contributed by atoms with Crippen LogP contribution < -0.4 is 5.73 Å². The molecule has 3 heteroatoms. The number of furan rings is 1. The number of nitrogens with zero attached hydrogens (tertiary/aromatic N) is 1. The number of hydrogen-bond acceptors (Lipinski definition) is 3. The van der Waals surface area contributed by atoms with Crippen LogP contribution in [0.25, 0.3) is 11.0 Å². The summed E-state index contributed by atoms with van der Waals surface area (Å²) < 4.78 is 5.52. The van der Waals surface area contributed by atoms with Gasteiger partial charge in [0.2, 0.25) is 0 Å². The van der Waals surface area contributed by atoms with E-state index < -0.39 is 0 Å². The normalized spacial score (nSPS) is 10.3. The largest absolute Gasteiger partial charge is 0.461 e. The average molecular weight is 186 g/mol. The van der Waals surface area contributed by atoms with Gasteiger partial charge in [0, 0.05) is 11.8 Å². The van der Waals surface area contributed by atoms with Crippen molar-refractivity contribution < 1.29 is 4.42 Å². The van der Waals surface area contributed by atoms with Crippen molar-refractivity contribution >= 4 is 11.0 Å². The minimum atomic E-state index is 0.574. The van der Waals surface area contributed by atoms with E-state index in [4.69, 9.17) is 15.4 Å². The molecule has 0 saturated carbocycles. The smallest absolute Gasteiger partial charge is 0.134 e. The molecule has 0 aliphatic carbocycles. The van der Waals surface area contributed by atoms with Crippen LogP contribution >= 0.6 is 0 Å². The summed E-state index contributed by atoms with van der Waals surface area (Å²) in [7, 11) is 0. The molecule has 0 saturated heterocycles. The Morgan fingerprint density at radius 3 is 2.93 bits per heavy atom. The van der Waals surface area contributed by atoms with Gasteiger partial charge < -0.3 is 10.2 Å². The van der Waals surface area contributed by atoms with Gasteiger partial charge in [0.25, 0.3) is 0 Å². The number of fused-ring (bicyclic) bond motifs is 1. The topological polar surface area (TPSA) is 63.0 Å². The van der Waals surface area contributed by atoms with Crippen molar-refractivity contribution in [3.05, 3.63) is 35.6 Å². The zero-order chi connectivity index (χ0) is 9.97. The molecule has 2 N–H and O–H groups in total. The monoisotopic (exact) mass is 186 g/mol. The first kappa shape index (κ1) is 8.79. The fraction of sp³-hybridized carbons (Fsp3) is 0.182. The van der Waals surface area contributed by atoms with Crippen LogP contribution in [0.5, 0.6) is 0 Å². The van der Waals surface area contributed by atoms with Gasteiger partial charge in [-0.25, -0.2) is 0 Å². The van der Waals surface area contributed by atoms with Gasteiger partial charge in [-0.3, -0.25) is 0 Å². The fourth-order valence-electron chi connectivity index (χ4n) is 1.43. The minimum absolute atomic E-state index is 0.574. The van der Waals surface area contributed by atoms with E-state index >= 15 is 0 Å². The number of hydrogen-bond donors (Lipinski definition) is 1. The molecule has 0 aliphatic heterocycles. The standard InChI is InChI=1S/C11H10N2O/c12-4-3-10-6-9-5-8(7-13)1-2-11(9)14-10/h1-2,5-6H,3-4,12H2. The number of benzene rings is 1. The van der Waals surface area contributed by atoms with E-state index in [1.807, 2.05) is 18.2 Å². The van der Waals surface area contributed by atoms with Gasteiger partial charge in [0.15, 0.2) is 0 Å². The molecule has 0 spiro atoms. The molecule has 14 heavy (non-hydrogen) atoms. The third-order valence-corrected chi connectivity index (χ3v) is 2.09. The Morgan fingerprint density at radius 1 is 1.36 bits per heavy atom. The molecule has 1 aromatic heterocycles. The maximum absolute atomic E-state index is 8.71. The predicted molar refractivity (Wildman–Crippen MR) is 53.7 cm³/mol. The zero-order valence-corrected chi connectivity index (χ0v) is 7.66. The highest BCUT2D eigenvalue weighted by molar-refractivity contribution is 5.79. The van der Waals surface area contributed by atoms with E-state index in [1.54, 1.807) is 6.07 Å². The number of nitriles is 1.